The van der Waals surface area contributed by atoms with Gasteiger partial charge in [0.05, 0.1) is 4.90 Å². The molecule has 0 unspecified atom stereocenters. The van der Waals surface area contributed by atoms with E-state index >= 15 is 0 Å². The molecule has 1 aliphatic carbocycles. The van der Waals surface area contributed by atoms with Crippen molar-refractivity contribution in [3.05, 3.63) is 45.6 Å². The number of piperidine rings is 1. The van der Waals surface area contributed by atoms with Crippen LogP contribution in [0.3, 0.4) is 0 Å². The lowest BCUT2D eigenvalue weighted by atomic mass is 10.2. The number of thiophene rings is 1. The SMILES string of the molecule is O=C(COC(=O)c1cc2c(s1)CCC2)Nc1cccc(S(=O)(=O)N2CCCCC2)c1. The largest absolute Gasteiger partial charge is 0.451 e. The Morgan fingerprint density at radius 2 is 1.87 bits per heavy atom. The minimum absolute atomic E-state index is 0.146. The predicted molar refractivity (Wildman–Crippen MR) is 114 cm³/mol. The van der Waals surface area contributed by atoms with Crippen molar-refractivity contribution in [2.24, 2.45) is 0 Å². The van der Waals surface area contributed by atoms with E-state index in [-0.39, 0.29) is 4.90 Å². The first-order chi connectivity index (χ1) is 14.4. The van der Waals surface area contributed by atoms with Gasteiger partial charge in [0, 0.05) is 23.7 Å². The average Bonchev–Trinajstić information content (AvgIpc) is 3.35. The van der Waals surface area contributed by atoms with Crippen LogP contribution < -0.4 is 5.32 Å². The Morgan fingerprint density at radius 3 is 2.63 bits per heavy atom. The van der Waals surface area contributed by atoms with Crippen molar-refractivity contribution in [3.63, 3.8) is 0 Å². The number of sulfonamides is 1. The van der Waals surface area contributed by atoms with E-state index in [0.29, 0.717) is 23.7 Å². The first-order valence-corrected chi connectivity index (χ1v) is 12.4. The normalized spacial score (nSPS) is 16.8. The van der Waals surface area contributed by atoms with Crippen molar-refractivity contribution in [2.75, 3.05) is 25.0 Å². The van der Waals surface area contributed by atoms with Gasteiger partial charge in [-0.15, -0.1) is 11.3 Å². The van der Waals surface area contributed by atoms with Gasteiger partial charge in [-0.05, 0) is 61.9 Å². The van der Waals surface area contributed by atoms with Gasteiger partial charge in [0.25, 0.3) is 5.91 Å². The Bertz CT molecular complexity index is 1030. The molecule has 0 atom stereocenters. The molecule has 1 amide bonds. The number of amides is 1. The van der Waals surface area contributed by atoms with Crippen LogP contribution in [0.1, 0.15) is 45.8 Å². The standard InChI is InChI=1S/C21H24N2O5S2/c24-20(14-28-21(25)19-12-15-6-4-9-18(15)29-19)22-16-7-5-8-17(13-16)30(26,27)23-10-2-1-3-11-23/h5,7-8,12-13H,1-4,6,9-11,14H2,(H,22,24). The second kappa shape index (κ2) is 8.87. The number of fused-ring (bicyclic) bond motifs is 1. The first kappa shape index (κ1) is 21.0. The molecule has 0 saturated carbocycles. The summed E-state index contributed by atoms with van der Waals surface area (Å²) < 4.78 is 32.2. The summed E-state index contributed by atoms with van der Waals surface area (Å²) in [6.45, 7) is 0.604. The van der Waals surface area contributed by atoms with Gasteiger partial charge in [-0.1, -0.05) is 12.5 Å². The van der Waals surface area contributed by atoms with Crippen molar-refractivity contribution in [2.45, 2.75) is 43.4 Å². The Morgan fingerprint density at radius 1 is 1.07 bits per heavy atom. The molecule has 1 aliphatic heterocycles. The van der Waals surface area contributed by atoms with Gasteiger partial charge in [-0.2, -0.15) is 4.31 Å². The van der Waals surface area contributed by atoms with E-state index in [0.717, 1.165) is 38.5 Å². The number of nitrogens with zero attached hydrogens (tertiary/aromatic N) is 1. The predicted octanol–water partition coefficient (Wildman–Crippen LogP) is 3.21. The number of anilines is 1. The molecule has 1 aromatic heterocycles. The van der Waals surface area contributed by atoms with Gasteiger partial charge in [0.1, 0.15) is 4.88 Å². The number of nitrogens with one attached hydrogen (secondary N) is 1. The molecular formula is C21H24N2O5S2. The molecule has 0 radical (unpaired) electrons. The highest BCUT2D eigenvalue weighted by Crippen LogP contribution is 2.31. The number of carbonyl (C=O) groups is 2. The number of esters is 1. The number of aryl methyl sites for hydroxylation is 2. The van der Waals surface area contributed by atoms with Crippen LogP contribution in [0, 0.1) is 0 Å². The van der Waals surface area contributed by atoms with Gasteiger partial charge in [-0.25, -0.2) is 13.2 Å². The number of rotatable bonds is 6. The lowest BCUT2D eigenvalue weighted by Crippen LogP contribution is -2.35. The zero-order valence-corrected chi connectivity index (χ0v) is 18.2. The topological polar surface area (TPSA) is 92.8 Å². The van der Waals surface area contributed by atoms with Crippen molar-refractivity contribution < 1.29 is 22.7 Å². The maximum Gasteiger partial charge on any atom is 0.348 e. The molecule has 0 spiro atoms. The Kier molecular flexibility index (Phi) is 6.21. The molecule has 1 aromatic carbocycles. The van der Waals surface area contributed by atoms with Crippen LogP contribution in [0.5, 0.6) is 0 Å². The molecule has 2 aromatic rings. The van der Waals surface area contributed by atoms with E-state index in [2.05, 4.69) is 5.32 Å². The molecule has 2 heterocycles. The molecule has 160 valence electrons. The Labute approximate surface area is 180 Å². The summed E-state index contributed by atoms with van der Waals surface area (Å²) in [7, 11) is -3.58. The third-order valence-electron chi connectivity index (χ3n) is 5.35. The fourth-order valence-corrected chi connectivity index (χ4v) is 6.53. The zero-order valence-electron chi connectivity index (χ0n) is 16.6. The lowest BCUT2D eigenvalue weighted by molar-refractivity contribution is -0.119. The number of hydrogen-bond donors (Lipinski definition) is 1. The summed E-state index contributed by atoms with van der Waals surface area (Å²) in [6.07, 6.45) is 5.84. The summed E-state index contributed by atoms with van der Waals surface area (Å²) in [5.41, 5.74) is 1.55. The molecule has 1 N–H and O–H groups in total. The zero-order chi connectivity index (χ0) is 21.1. The number of benzene rings is 1. The highest BCUT2D eigenvalue weighted by atomic mass is 32.2. The Hall–Kier alpha value is -2.23. The molecule has 1 saturated heterocycles. The molecule has 7 nitrogen and oxygen atoms in total. The summed E-state index contributed by atoms with van der Waals surface area (Å²) in [5.74, 6) is -1.02. The van der Waals surface area contributed by atoms with E-state index in [1.165, 1.54) is 38.2 Å². The molecule has 0 bridgehead atoms. The van der Waals surface area contributed by atoms with Crippen LogP contribution in [0.2, 0.25) is 0 Å². The second-order valence-electron chi connectivity index (χ2n) is 7.53. The lowest BCUT2D eigenvalue weighted by Gasteiger charge is -2.26. The highest BCUT2D eigenvalue weighted by molar-refractivity contribution is 7.89. The van der Waals surface area contributed by atoms with Gasteiger partial charge in [0.2, 0.25) is 10.0 Å². The van der Waals surface area contributed by atoms with E-state index in [1.807, 2.05) is 6.07 Å². The number of ether oxygens (including phenoxy) is 1. The van der Waals surface area contributed by atoms with Crippen molar-refractivity contribution in [3.8, 4) is 0 Å². The molecular weight excluding hydrogens is 424 g/mol. The van der Waals surface area contributed by atoms with Gasteiger partial charge in [0.15, 0.2) is 6.61 Å². The maximum atomic E-state index is 12.8. The van der Waals surface area contributed by atoms with E-state index in [1.54, 1.807) is 12.1 Å². The number of hydrogen-bond acceptors (Lipinski definition) is 6. The minimum atomic E-state index is -3.58. The van der Waals surface area contributed by atoms with Crippen LogP contribution in [0.15, 0.2) is 35.2 Å². The summed E-state index contributed by atoms with van der Waals surface area (Å²) in [6, 6.07) is 8.01. The molecule has 9 heteroatoms. The molecule has 2 aliphatic rings. The fraction of sp³-hybridized carbons (Fsp3) is 0.429. The van der Waals surface area contributed by atoms with Crippen LogP contribution >= 0.6 is 11.3 Å². The summed E-state index contributed by atoms with van der Waals surface area (Å²) in [5, 5.41) is 2.61. The third-order valence-corrected chi connectivity index (χ3v) is 8.46. The smallest absolute Gasteiger partial charge is 0.348 e. The van der Waals surface area contributed by atoms with Gasteiger partial charge >= 0.3 is 5.97 Å². The fourth-order valence-electron chi connectivity index (χ4n) is 3.82. The number of carbonyl (C=O) groups excluding carboxylic acids is 2. The van der Waals surface area contributed by atoms with Crippen LogP contribution in [0.4, 0.5) is 5.69 Å². The molecule has 1 fully saturated rings. The molecule has 30 heavy (non-hydrogen) atoms. The van der Waals surface area contributed by atoms with Crippen molar-refractivity contribution in [1.82, 2.24) is 4.31 Å². The van der Waals surface area contributed by atoms with Crippen LogP contribution in [-0.2, 0) is 32.4 Å². The Balaban J connectivity index is 1.35. The van der Waals surface area contributed by atoms with E-state index in [4.69, 9.17) is 4.74 Å². The highest BCUT2D eigenvalue weighted by Gasteiger charge is 2.26. The average molecular weight is 449 g/mol. The minimum Gasteiger partial charge on any atom is -0.451 e. The van der Waals surface area contributed by atoms with Gasteiger partial charge in [-0.3, -0.25) is 4.79 Å². The first-order valence-electron chi connectivity index (χ1n) is 10.1. The maximum absolute atomic E-state index is 12.8. The van der Waals surface area contributed by atoms with Crippen molar-refractivity contribution >= 4 is 38.9 Å². The monoisotopic (exact) mass is 448 g/mol. The quantitative estimate of drug-likeness (QED) is 0.685. The van der Waals surface area contributed by atoms with E-state index < -0.39 is 28.5 Å². The summed E-state index contributed by atoms with van der Waals surface area (Å²) >= 11 is 1.43. The van der Waals surface area contributed by atoms with Crippen molar-refractivity contribution in [1.29, 1.82) is 0 Å². The van der Waals surface area contributed by atoms with Crippen LogP contribution in [-0.4, -0.2) is 44.3 Å². The van der Waals surface area contributed by atoms with E-state index in [9.17, 15) is 18.0 Å². The van der Waals surface area contributed by atoms with Gasteiger partial charge < -0.3 is 10.1 Å². The third kappa shape index (κ3) is 4.58. The van der Waals surface area contributed by atoms with Crippen LogP contribution in [0.25, 0.3) is 0 Å². The second-order valence-corrected chi connectivity index (χ2v) is 10.6. The molecule has 4 rings (SSSR count). The summed E-state index contributed by atoms with van der Waals surface area (Å²) in [4.78, 5) is 26.3.